The number of alkyl halides is 3. The first kappa shape index (κ1) is 25.8. The topological polar surface area (TPSA) is 70.5 Å². The summed E-state index contributed by atoms with van der Waals surface area (Å²) in [5.74, 6) is 1.00. The summed E-state index contributed by atoms with van der Waals surface area (Å²) in [6.07, 6.45) is -4.73. The number of hydrogen-bond acceptors (Lipinski definition) is 8. The molecule has 0 saturated carbocycles. The molecule has 2 aromatic carbocycles. The van der Waals surface area contributed by atoms with Crippen molar-refractivity contribution in [1.82, 2.24) is 9.36 Å². The Labute approximate surface area is 203 Å². The summed E-state index contributed by atoms with van der Waals surface area (Å²) in [5, 5.41) is 0.607. The largest absolute Gasteiger partial charge is 0.573 e. The monoisotopic (exact) mass is 512 g/mol. The molecule has 0 N–H and O–H groups in total. The number of hydrogen-bond donors (Lipinski definition) is 0. The van der Waals surface area contributed by atoms with Crippen LogP contribution < -0.4 is 9.47 Å². The third-order valence-corrected chi connectivity index (χ3v) is 6.24. The number of aromatic nitrogens is 2. The summed E-state index contributed by atoms with van der Waals surface area (Å²) in [5.41, 5.74) is 0.424. The van der Waals surface area contributed by atoms with E-state index in [-0.39, 0.29) is 12.4 Å². The number of benzene rings is 2. The third kappa shape index (κ3) is 7.10. The predicted molar refractivity (Wildman–Crippen MR) is 124 cm³/mol. The van der Waals surface area contributed by atoms with E-state index in [0.29, 0.717) is 27.9 Å². The maximum absolute atomic E-state index is 12.3. The molecule has 3 aromatic rings. The number of aryl methyl sites for hydroxylation is 1. The summed E-state index contributed by atoms with van der Waals surface area (Å²) >= 11 is 2.71. The molecule has 0 saturated heterocycles. The average Bonchev–Trinajstić information content (AvgIpc) is 3.22. The van der Waals surface area contributed by atoms with Crippen molar-refractivity contribution in [2.45, 2.75) is 50.3 Å². The highest BCUT2D eigenvalue weighted by atomic mass is 32.2. The Morgan fingerprint density at radius 3 is 2.41 bits per heavy atom. The number of carbonyl (C=O) groups is 1. The zero-order valence-electron chi connectivity index (χ0n) is 18.9. The average molecular weight is 513 g/mol. The molecule has 0 fully saturated rings. The van der Waals surface area contributed by atoms with Crippen LogP contribution in [-0.2, 0) is 15.3 Å². The normalized spacial score (nSPS) is 11.9. The zero-order valence-corrected chi connectivity index (χ0v) is 20.6. The van der Waals surface area contributed by atoms with E-state index in [0.717, 1.165) is 10.5 Å². The van der Waals surface area contributed by atoms with Gasteiger partial charge in [-0.25, -0.2) is 9.78 Å². The molecule has 0 aliphatic rings. The van der Waals surface area contributed by atoms with Crippen molar-refractivity contribution in [3.8, 4) is 22.1 Å². The molecule has 1 heterocycles. The second-order valence-electron chi connectivity index (χ2n) is 7.64. The smallest absolute Gasteiger partial charge is 0.476 e. The van der Waals surface area contributed by atoms with Gasteiger partial charge < -0.3 is 14.2 Å². The lowest BCUT2D eigenvalue weighted by molar-refractivity contribution is -0.274. The summed E-state index contributed by atoms with van der Waals surface area (Å²) < 4.78 is 56.1. The lowest BCUT2D eigenvalue weighted by Gasteiger charge is -2.25. The fourth-order valence-electron chi connectivity index (χ4n) is 2.82. The molecule has 0 aliphatic heterocycles. The van der Waals surface area contributed by atoms with Crippen molar-refractivity contribution < 1.29 is 32.2 Å². The molecule has 0 unspecified atom stereocenters. The van der Waals surface area contributed by atoms with Crippen molar-refractivity contribution in [2.24, 2.45) is 0 Å². The van der Waals surface area contributed by atoms with E-state index in [2.05, 4.69) is 14.1 Å². The summed E-state index contributed by atoms with van der Waals surface area (Å²) in [4.78, 5) is 17.5. The van der Waals surface area contributed by atoms with Crippen molar-refractivity contribution in [1.29, 1.82) is 0 Å². The number of ether oxygens (including phenoxy) is 3. The van der Waals surface area contributed by atoms with Gasteiger partial charge in [0.15, 0.2) is 11.4 Å². The van der Waals surface area contributed by atoms with Crippen LogP contribution in [0.1, 0.15) is 32.2 Å². The molecule has 6 nitrogen and oxygen atoms in total. The Morgan fingerprint density at radius 1 is 1.09 bits per heavy atom. The van der Waals surface area contributed by atoms with E-state index in [1.165, 1.54) is 47.6 Å². The van der Waals surface area contributed by atoms with Gasteiger partial charge in [-0.15, -0.1) is 24.9 Å². The quantitative estimate of drug-likeness (QED) is 0.242. The molecule has 0 bridgehead atoms. The van der Waals surface area contributed by atoms with Crippen LogP contribution in [0.5, 0.6) is 11.5 Å². The molecule has 34 heavy (non-hydrogen) atoms. The first-order valence-corrected chi connectivity index (χ1v) is 12.0. The maximum atomic E-state index is 12.3. The highest BCUT2D eigenvalue weighted by Crippen LogP contribution is 2.31. The van der Waals surface area contributed by atoms with E-state index >= 15 is 0 Å². The van der Waals surface area contributed by atoms with Crippen molar-refractivity contribution in [3.05, 3.63) is 53.9 Å². The molecule has 1 aromatic heterocycles. The van der Waals surface area contributed by atoms with Gasteiger partial charge in [0.25, 0.3) is 0 Å². The highest BCUT2D eigenvalue weighted by Gasteiger charge is 2.32. The second kappa shape index (κ2) is 10.6. The Kier molecular flexibility index (Phi) is 8.09. The van der Waals surface area contributed by atoms with Gasteiger partial charge in [-0.1, -0.05) is 0 Å². The van der Waals surface area contributed by atoms with Gasteiger partial charge in [-0.3, -0.25) is 0 Å². The Balaban J connectivity index is 1.60. The summed E-state index contributed by atoms with van der Waals surface area (Å²) in [7, 11) is 0. The van der Waals surface area contributed by atoms with Crippen LogP contribution in [0.15, 0.2) is 47.4 Å². The molecular weight excluding hydrogens is 489 g/mol. The van der Waals surface area contributed by atoms with Gasteiger partial charge in [0.05, 0.1) is 12.4 Å². The number of carbonyl (C=O) groups excluding carboxylic acids is 1. The fourth-order valence-corrected chi connectivity index (χ4v) is 4.44. The van der Waals surface area contributed by atoms with Crippen LogP contribution in [0.4, 0.5) is 13.2 Å². The van der Waals surface area contributed by atoms with Crippen LogP contribution in [0.3, 0.4) is 0 Å². The second-order valence-corrected chi connectivity index (χ2v) is 9.44. The fraction of sp³-hybridized carbons (Fsp3) is 0.348. The molecule has 3 rings (SSSR count). The molecule has 11 heteroatoms. The van der Waals surface area contributed by atoms with Crippen molar-refractivity contribution in [2.75, 3.05) is 6.61 Å². The van der Waals surface area contributed by atoms with Gasteiger partial charge >= 0.3 is 12.3 Å². The molecule has 0 spiro atoms. The lowest BCUT2D eigenvalue weighted by atomic mass is 10.1. The molecule has 0 radical (unpaired) electrons. The van der Waals surface area contributed by atoms with Crippen LogP contribution in [0, 0.1) is 6.92 Å². The molecule has 0 atom stereocenters. The van der Waals surface area contributed by atoms with E-state index in [1.807, 2.05) is 25.1 Å². The van der Waals surface area contributed by atoms with Gasteiger partial charge in [0.2, 0.25) is 0 Å². The standard InChI is InChI=1S/C23H23F3N2O4S2/c1-5-30-21(29)22(3,4)32-18-11-10-17(12-14(18)2)33-13-19-27-20(34-28-19)15-6-8-16(9-7-15)31-23(24,25)26/h6-12H,5,13H2,1-4H3. The van der Waals surface area contributed by atoms with E-state index < -0.39 is 17.9 Å². The van der Waals surface area contributed by atoms with Crippen LogP contribution >= 0.6 is 23.3 Å². The first-order chi connectivity index (χ1) is 16.0. The van der Waals surface area contributed by atoms with Gasteiger partial charge in [-0.05, 0) is 87.3 Å². The Bertz CT molecular complexity index is 1130. The molecule has 0 aliphatic carbocycles. The number of rotatable bonds is 9. The highest BCUT2D eigenvalue weighted by molar-refractivity contribution is 7.98. The van der Waals surface area contributed by atoms with E-state index in [4.69, 9.17) is 9.47 Å². The van der Waals surface area contributed by atoms with Gasteiger partial charge in [0, 0.05) is 10.5 Å². The number of halogens is 3. The minimum atomic E-state index is -4.73. The Hall–Kier alpha value is -2.79. The zero-order chi connectivity index (χ0) is 24.9. The summed E-state index contributed by atoms with van der Waals surface area (Å²) in [6.45, 7) is 7.25. The molecule has 182 valence electrons. The number of thioether (sulfide) groups is 1. The van der Waals surface area contributed by atoms with Gasteiger partial charge in [0.1, 0.15) is 16.5 Å². The van der Waals surface area contributed by atoms with E-state index in [1.54, 1.807) is 20.8 Å². The SMILES string of the molecule is CCOC(=O)C(C)(C)Oc1ccc(SCc2nsc(-c3ccc(OC(F)(F)F)cc3)n2)cc1C. The van der Waals surface area contributed by atoms with Gasteiger partial charge in [-0.2, -0.15) is 4.37 Å². The maximum Gasteiger partial charge on any atom is 0.573 e. The molecular formula is C23H23F3N2O4S2. The van der Waals surface area contributed by atoms with Crippen LogP contribution in [0.2, 0.25) is 0 Å². The van der Waals surface area contributed by atoms with Crippen LogP contribution in [0.25, 0.3) is 10.6 Å². The van der Waals surface area contributed by atoms with Crippen molar-refractivity contribution in [3.63, 3.8) is 0 Å². The number of nitrogens with zero attached hydrogens (tertiary/aromatic N) is 2. The predicted octanol–water partition coefficient (Wildman–Crippen LogP) is 6.42. The lowest BCUT2D eigenvalue weighted by Crippen LogP contribution is -2.39. The first-order valence-electron chi connectivity index (χ1n) is 10.3. The minimum absolute atomic E-state index is 0.282. The number of esters is 1. The molecule has 0 amide bonds. The third-order valence-electron chi connectivity index (χ3n) is 4.45. The van der Waals surface area contributed by atoms with Crippen molar-refractivity contribution >= 4 is 29.3 Å². The van der Waals surface area contributed by atoms with E-state index in [9.17, 15) is 18.0 Å². The van der Waals surface area contributed by atoms with Crippen LogP contribution in [-0.4, -0.2) is 33.9 Å². The minimum Gasteiger partial charge on any atom is -0.476 e. The Morgan fingerprint density at radius 2 is 1.79 bits per heavy atom. The summed E-state index contributed by atoms with van der Waals surface area (Å²) in [6, 6.07) is 11.2.